The second-order valence-corrected chi connectivity index (χ2v) is 2.81. The van der Waals surface area contributed by atoms with E-state index in [0.717, 1.165) is 5.56 Å². The standard InChI is InChI=1S/C10H11O.W/c1-8(2)10(11)9-6-4-3-5-7-9;/h4-8H,1-2H3;/q-1;. The maximum absolute atomic E-state index is 11.3. The smallest absolute Gasteiger partial charge is 0.141 e. The van der Waals surface area contributed by atoms with Crippen molar-refractivity contribution in [2.75, 3.05) is 0 Å². The van der Waals surface area contributed by atoms with Crippen LogP contribution in [0.25, 0.3) is 0 Å². The number of rotatable bonds is 2. The molecule has 1 aromatic rings. The van der Waals surface area contributed by atoms with Gasteiger partial charge in [-0.2, -0.15) is 30.3 Å². The summed E-state index contributed by atoms with van der Waals surface area (Å²) >= 11 is 0. The van der Waals surface area contributed by atoms with E-state index in [1.807, 2.05) is 13.8 Å². The topological polar surface area (TPSA) is 17.1 Å². The zero-order valence-electron chi connectivity index (χ0n) is 7.20. The van der Waals surface area contributed by atoms with Gasteiger partial charge >= 0.3 is 0 Å². The van der Waals surface area contributed by atoms with Gasteiger partial charge in [-0.15, -0.1) is 0 Å². The third-order valence-electron chi connectivity index (χ3n) is 1.53. The summed E-state index contributed by atoms with van der Waals surface area (Å²) in [7, 11) is 0. The molecule has 0 aliphatic heterocycles. The predicted octanol–water partition coefficient (Wildman–Crippen LogP) is 2.32. The number of Topliss-reactive ketones (excluding diaryl/α,β-unsaturated/α-hetero) is 1. The van der Waals surface area contributed by atoms with Crippen LogP contribution in [-0.4, -0.2) is 5.78 Å². The molecule has 0 unspecified atom stereocenters. The zero-order valence-corrected chi connectivity index (χ0v) is 10.1. The normalized spacial score (nSPS) is 9.25. The molecule has 1 nitrogen and oxygen atoms in total. The summed E-state index contributed by atoms with van der Waals surface area (Å²) in [5, 5.41) is 0. The Bertz CT molecular complexity index is 241. The molecule has 0 saturated heterocycles. The van der Waals surface area contributed by atoms with Gasteiger partial charge in [0, 0.05) is 27.0 Å². The summed E-state index contributed by atoms with van der Waals surface area (Å²) in [5.41, 5.74) is 0.777. The van der Waals surface area contributed by atoms with Gasteiger partial charge in [0.05, 0.1) is 0 Å². The molecule has 0 bridgehead atoms. The van der Waals surface area contributed by atoms with E-state index in [0.29, 0.717) is 0 Å². The van der Waals surface area contributed by atoms with Crippen LogP contribution in [0.5, 0.6) is 0 Å². The Morgan fingerprint density at radius 3 is 2.25 bits per heavy atom. The average molecular weight is 331 g/mol. The van der Waals surface area contributed by atoms with E-state index in [1.54, 1.807) is 24.3 Å². The number of carbonyl (C=O) groups excluding carboxylic acids is 1. The summed E-state index contributed by atoms with van der Waals surface area (Å²) in [6.07, 6.45) is 0. The van der Waals surface area contributed by atoms with Gasteiger partial charge in [-0.05, 0) is 0 Å². The first-order valence-corrected chi connectivity index (χ1v) is 3.72. The van der Waals surface area contributed by atoms with E-state index in [9.17, 15) is 4.79 Å². The SMILES string of the molecule is CC(C)C(=O)c1cc[c-]cc1.[W]. The first kappa shape index (κ1) is 11.6. The largest absolute Gasteiger partial charge is 0.296 e. The third-order valence-corrected chi connectivity index (χ3v) is 1.53. The molecule has 0 aliphatic carbocycles. The van der Waals surface area contributed by atoms with Gasteiger partial charge in [-0.25, -0.2) is 0 Å². The first-order chi connectivity index (χ1) is 5.22. The van der Waals surface area contributed by atoms with Crippen molar-refractivity contribution in [1.82, 2.24) is 0 Å². The summed E-state index contributed by atoms with van der Waals surface area (Å²) in [6.45, 7) is 3.80. The van der Waals surface area contributed by atoms with Crippen molar-refractivity contribution < 1.29 is 25.9 Å². The molecule has 0 fully saturated rings. The molecule has 0 spiro atoms. The molecule has 0 N–H and O–H groups in total. The fourth-order valence-electron chi connectivity index (χ4n) is 0.884. The molecule has 0 atom stereocenters. The zero-order chi connectivity index (χ0) is 8.27. The van der Waals surface area contributed by atoms with E-state index in [-0.39, 0.29) is 32.8 Å². The molecule has 2 heteroatoms. The fraction of sp³-hybridized carbons (Fsp3) is 0.300. The predicted molar refractivity (Wildman–Crippen MR) is 44.4 cm³/mol. The minimum absolute atomic E-state index is 0. The van der Waals surface area contributed by atoms with E-state index in [1.165, 1.54) is 0 Å². The average Bonchev–Trinajstić information content (AvgIpc) is 2.05. The van der Waals surface area contributed by atoms with Crippen LogP contribution in [0.3, 0.4) is 0 Å². The van der Waals surface area contributed by atoms with Gasteiger partial charge in [0.15, 0.2) is 0 Å². The second-order valence-electron chi connectivity index (χ2n) is 2.81. The van der Waals surface area contributed by atoms with Crippen LogP contribution in [0.2, 0.25) is 0 Å². The minimum atomic E-state index is 0. The summed E-state index contributed by atoms with van der Waals surface area (Å²) in [4.78, 5) is 11.3. The molecule has 0 radical (unpaired) electrons. The van der Waals surface area contributed by atoms with Crippen molar-refractivity contribution in [3.05, 3.63) is 35.9 Å². The van der Waals surface area contributed by atoms with Crippen molar-refractivity contribution in [3.63, 3.8) is 0 Å². The minimum Gasteiger partial charge on any atom is -0.296 e. The van der Waals surface area contributed by atoms with E-state index in [2.05, 4.69) is 6.07 Å². The van der Waals surface area contributed by atoms with Crippen LogP contribution in [0.15, 0.2) is 24.3 Å². The quantitative estimate of drug-likeness (QED) is 0.601. The van der Waals surface area contributed by atoms with Crippen molar-refractivity contribution in [1.29, 1.82) is 0 Å². The van der Waals surface area contributed by atoms with Gasteiger partial charge < -0.3 is 0 Å². The van der Waals surface area contributed by atoms with E-state index < -0.39 is 0 Å². The van der Waals surface area contributed by atoms with Crippen molar-refractivity contribution >= 4 is 5.78 Å². The number of ketones is 1. The number of hydrogen-bond acceptors (Lipinski definition) is 1. The van der Waals surface area contributed by atoms with Crippen LogP contribution in [-0.2, 0) is 21.1 Å². The van der Waals surface area contributed by atoms with E-state index >= 15 is 0 Å². The summed E-state index contributed by atoms with van der Waals surface area (Å²) in [5.74, 6) is 0.274. The Balaban J connectivity index is 0.00000121. The first-order valence-electron chi connectivity index (χ1n) is 3.72. The Morgan fingerprint density at radius 2 is 1.83 bits per heavy atom. The number of benzene rings is 1. The summed E-state index contributed by atoms with van der Waals surface area (Å²) in [6, 6.07) is 9.98. The fourth-order valence-corrected chi connectivity index (χ4v) is 0.884. The Hall–Kier alpha value is -0.422. The molecular formula is C10H11OW-. The maximum Gasteiger partial charge on any atom is 0.141 e. The third kappa shape index (κ3) is 2.90. The molecule has 0 aromatic heterocycles. The maximum atomic E-state index is 11.3. The van der Waals surface area contributed by atoms with Gasteiger partial charge in [-0.3, -0.25) is 4.79 Å². The molecule has 1 rings (SSSR count). The van der Waals surface area contributed by atoms with E-state index in [4.69, 9.17) is 0 Å². The number of carbonyl (C=O) groups is 1. The Morgan fingerprint density at radius 1 is 1.33 bits per heavy atom. The molecule has 0 amide bonds. The van der Waals surface area contributed by atoms with Crippen molar-refractivity contribution in [2.24, 2.45) is 5.92 Å². The van der Waals surface area contributed by atoms with Crippen LogP contribution in [0, 0.1) is 12.0 Å². The Kier molecular flexibility index (Phi) is 5.08. The van der Waals surface area contributed by atoms with Crippen molar-refractivity contribution in [2.45, 2.75) is 13.8 Å². The van der Waals surface area contributed by atoms with Gasteiger partial charge in [0.2, 0.25) is 0 Å². The second kappa shape index (κ2) is 5.26. The van der Waals surface area contributed by atoms with Crippen LogP contribution in [0.4, 0.5) is 0 Å². The van der Waals surface area contributed by atoms with Gasteiger partial charge in [0.25, 0.3) is 0 Å². The van der Waals surface area contributed by atoms with Crippen LogP contribution < -0.4 is 0 Å². The molecule has 1 aromatic carbocycles. The van der Waals surface area contributed by atoms with Gasteiger partial charge in [-0.1, -0.05) is 19.4 Å². The number of hydrogen-bond donors (Lipinski definition) is 0. The molecule has 0 heterocycles. The van der Waals surface area contributed by atoms with Gasteiger partial charge in [0.1, 0.15) is 5.78 Å². The summed E-state index contributed by atoms with van der Waals surface area (Å²) < 4.78 is 0. The van der Waals surface area contributed by atoms with Crippen LogP contribution in [0.1, 0.15) is 24.2 Å². The molecule has 0 aliphatic rings. The van der Waals surface area contributed by atoms with Crippen molar-refractivity contribution in [3.8, 4) is 0 Å². The molecule has 64 valence electrons. The Labute approximate surface area is 87.4 Å². The monoisotopic (exact) mass is 331 g/mol. The molecule has 12 heavy (non-hydrogen) atoms. The van der Waals surface area contributed by atoms with Crippen LogP contribution >= 0.6 is 0 Å². The molecular weight excluding hydrogens is 320 g/mol. The molecule has 0 saturated carbocycles.